The summed E-state index contributed by atoms with van der Waals surface area (Å²) in [5, 5.41) is 3.30. The molecule has 142 valence electrons. The lowest BCUT2D eigenvalue weighted by atomic mass is 10.0. The van der Waals surface area contributed by atoms with Gasteiger partial charge in [0, 0.05) is 24.1 Å². The van der Waals surface area contributed by atoms with E-state index < -0.39 is 0 Å². The maximum atomic E-state index is 12.7. The zero-order chi connectivity index (χ0) is 19.5. The zero-order valence-corrected chi connectivity index (χ0v) is 16.2. The van der Waals surface area contributed by atoms with Crippen LogP contribution in [0.25, 0.3) is 0 Å². The summed E-state index contributed by atoms with van der Waals surface area (Å²) in [5.41, 5.74) is 4.50. The number of ether oxygens (including phenoxy) is 1. The van der Waals surface area contributed by atoms with Gasteiger partial charge in [-0.2, -0.15) is 0 Å². The Kier molecular flexibility index (Phi) is 5.17. The largest absolute Gasteiger partial charge is 0.495 e. The number of carbonyl (C=O) groups is 1. The van der Waals surface area contributed by atoms with E-state index in [0.717, 1.165) is 25.1 Å². The third kappa shape index (κ3) is 3.66. The van der Waals surface area contributed by atoms with E-state index in [1.54, 1.807) is 37.7 Å². The lowest BCUT2D eigenvalue weighted by Gasteiger charge is -2.31. The number of methoxy groups -OCH3 is 1. The van der Waals surface area contributed by atoms with Gasteiger partial charge in [-0.25, -0.2) is 0 Å². The van der Waals surface area contributed by atoms with E-state index in [1.807, 2.05) is 12.1 Å². The fraction of sp³-hybridized carbons (Fsp3) is 0.182. The molecule has 3 aromatic rings. The Hall–Kier alpha value is -3.05. The van der Waals surface area contributed by atoms with Crippen LogP contribution < -0.4 is 15.0 Å². The van der Waals surface area contributed by atoms with Crippen LogP contribution in [-0.4, -0.2) is 24.5 Å². The Labute approximate surface area is 168 Å². The summed E-state index contributed by atoms with van der Waals surface area (Å²) in [6, 6.07) is 15.4. The first kappa shape index (κ1) is 18.3. The standard InChI is InChI=1S/C22H20ClN3O2/c1-28-21-9-8-17(12-19(21)23)25-22(27)16-11-18(14-24-13-16)26-10-4-6-15-5-2-3-7-20(15)26/h2-3,5,7-9,11-14H,4,6,10H2,1H3,(H,25,27). The van der Waals surface area contributed by atoms with Gasteiger partial charge in [0.25, 0.3) is 5.91 Å². The normalized spacial score (nSPS) is 13.0. The molecule has 0 unspecified atom stereocenters. The van der Waals surface area contributed by atoms with Crippen molar-refractivity contribution in [3.63, 3.8) is 0 Å². The van der Waals surface area contributed by atoms with Gasteiger partial charge in [0.05, 0.1) is 29.6 Å². The van der Waals surface area contributed by atoms with Crippen LogP contribution in [0.15, 0.2) is 60.9 Å². The fourth-order valence-electron chi connectivity index (χ4n) is 3.45. The molecule has 2 aromatic carbocycles. The number of para-hydroxylation sites is 1. The Balaban J connectivity index is 1.57. The summed E-state index contributed by atoms with van der Waals surface area (Å²) in [5.74, 6) is 0.327. The summed E-state index contributed by atoms with van der Waals surface area (Å²) in [6.45, 7) is 0.901. The number of hydrogen-bond donors (Lipinski definition) is 1. The van der Waals surface area contributed by atoms with E-state index >= 15 is 0 Å². The average molecular weight is 394 g/mol. The first-order chi connectivity index (χ1) is 13.7. The molecular formula is C22H20ClN3O2. The van der Waals surface area contributed by atoms with Gasteiger partial charge in [-0.3, -0.25) is 9.78 Å². The molecule has 0 atom stereocenters. The molecule has 1 amide bonds. The molecule has 1 aliphatic rings. The minimum absolute atomic E-state index is 0.235. The SMILES string of the molecule is COc1ccc(NC(=O)c2cncc(N3CCCc4ccccc43)c2)cc1Cl. The van der Waals surface area contributed by atoms with Crippen molar-refractivity contribution in [2.75, 3.05) is 23.9 Å². The second-order valence-corrected chi connectivity index (χ2v) is 7.03. The molecular weight excluding hydrogens is 374 g/mol. The highest BCUT2D eigenvalue weighted by Gasteiger charge is 2.19. The molecule has 0 spiro atoms. The number of nitrogens with zero attached hydrogens (tertiary/aromatic N) is 2. The van der Waals surface area contributed by atoms with Crippen LogP contribution in [0.3, 0.4) is 0 Å². The molecule has 0 saturated carbocycles. The molecule has 0 saturated heterocycles. The zero-order valence-electron chi connectivity index (χ0n) is 15.5. The monoisotopic (exact) mass is 393 g/mol. The van der Waals surface area contributed by atoms with Crippen LogP contribution in [0, 0.1) is 0 Å². The smallest absolute Gasteiger partial charge is 0.257 e. The second-order valence-electron chi connectivity index (χ2n) is 6.62. The number of carbonyl (C=O) groups excluding carboxylic acids is 1. The molecule has 6 heteroatoms. The summed E-state index contributed by atoms with van der Waals surface area (Å²) in [6.07, 6.45) is 5.50. The molecule has 1 aromatic heterocycles. The molecule has 0 fully saturated rings. The van der Waals surface area contributed by atoms with E-state index in [-0.39, 0.29) is 5.91 Å². The van der Waals surface area contributed by atoms with Crippen LogP contribution >= 0.6 is 11.6 Å². The number of halogens is 1. The highest BCUT2D eigenvalue weighted by atomic mass is 35.5. The van der Waals surface area contributed by atoms with Gasteiger partial charge in [-0.15, -0.1) is 0 Å². The highest BCUT2D eigenvalue weighted by Crippen LogP contribution is 2.33. The van der Waals surface area contributed by atoms with E-state index in [1.165, 1.54) is 11.3 Å². The quantitative estimate of drug-likeness (QED) is 0.671. The minimum Gasteiger partial charge on any atom is -0.495 e. The second kappa shape index (κ2) is 7.90. The molecule has 1 aliphatic heterocycles. The van der Waals surface area contributed by atoms with E-state index in [9.17, 15) is 4.79 Å². The van der Waals surface area contributed by atoms with Crippen LogP contribution in [0.1, 0.15) is 22.3 Å². The third-order valence-corrected chi connectivity index (χ3v) is 5.11. The average Bonchev–Trinajstić information content (AvgIpc) is 2.73. The number of nitrogens with one attached hydrogen (secondary N) is 1. The number of rotatable bonds is 4. The number of anilines is 3. The van der Waals surface area contributed by atoms with Crippen molar-refractivity contribution in [1.29, 1.82) is 0 Å². The Bertz CT molecular complexity index is 1020. The Morgan fingerprint density at radius 2 is 2.04 bits per heavy atom. The van der Waals surface area contributed by atoms with E-state index in [2.05, 4.69) is 33.4 Å². The van der Waals surface area contributed by atoms with Crippen LogP contribution in [-0.2, 0) is 6.42 Å². The first-order valence-electron chi connectivity index (χ1n) is 9.11. The topological polar surface area (TPSA) is 54.5 Å². The van der Waals surface area contributed by atoms with Crippen molar-refractivity contribution < 1.29 is 9.53 Å². The van der Waals surface area contributed by atoms with Crippen molar-refractivity contribution in [2.24, 2.45) is 0 Å². The van der Waals surface area contributed by atoms with Gasteiger partial charge < -0.3 is 15.0 Å². The predicted octanol–water partition coefficient (Wildman–Crippen LogP) is 5.08. The van der Waals surface area contributed by atoms with Crippen LogP contribution in [0.4, 0.5) is 17.1 Å². The molecule has 2 heterocycles. The maximum absolute atomic E-state index is 12.7. The maximum Gasteiger partial charge on any atom is 0.257 e. The first-order valence-corrected chi connectivity index (χ1v) is 9.49. The summed E-state index contributed by atoms with van der Waals surface area (Å²) >= 11 is 6.14. The number of fused-ring (bicyclic) bond motifs is 1. The Morgan fingerprint density at radius 3 is 2.86 bits per heavy atom. The van der Waals surface area contributed by atoms with Crippen molar-refractivity contribution in [3.8, 4) is 5.75 Å². The molecule has 5 nitrogen and oxygen atoms in total. The number of amides is 1. The summed E-state index contributed by atoms with van der Waals surface area (Å²) in [7, 11) is 1.55. The lowest BCUT2D eigenvalue weighted by molar-refractivity contribution is 0.102. The van der Waals surface area contributed by atoms with Gasteiger partial charge in [-0.05, 0) is 48.7 Å². The van der Waals surface area contributed by atoms with Crippen molar-refractivity contribution in [3.05, 3.63) is 77.1 Å². The van der Waals surface area contributed by atoms with Gasteiger partial charge in [-0.1, -0.05) is 29.8 Å². The number of benzene rings is 2. The minimum atomic E-state index is -0.235. The molecule has 0 bridgehead atoms. The van der Waals surface area contributed by atoms with Crippen LogP contribution in [0.2, 0.25) is 5.02 Å². The van der Waals surface area contributed by atoms with Crippen LogP contribution in [0.5, 0.6) is 5.75 Å². The number of pyridine rings is 1. The summed E-state index contributed by atoms with van der Waals surface area (Å²) in [4.78, 5) is 19.2. The van der Waals surface area contributed by atoms with E-state index in [4.69, 9.17) is 16.3 Å². The number of aromatic nitrogens is 1. The van der Waals surface area contributed by atoms with Gasteiger partial charge in [0.2, 0.25) is 0 Å². The van der Waals surface area contributed by atoms with Crippen molar-refractivity contribution >= 4 is 34.6 Å². The van der Waals surface area contributed by atoms with Gasteiger partial charge in [0.15, 0.2) is 0 Å². The lowest BCUT2D eigenvalue weighted by Crippen LogP contribution is -2.25. The van der Waals surface area contributed by atoms with Gasteiger partial charge in [0.1, 0.15) is 5.75 Å². The highest BCUT2D eigenvalue weighted by molar-refractivity contribution is 6.32. The molecule has 0 aliphatic carbocycles. The molecule has 0 radical (unpaired) electrons. The predicted molar refractivity (Wildman–Crippen MR) is 112 cm³/mol. The fourth-order valence-corrected chi connectivity index (χ4v) is 3.71. The van der Waals surface area contributed by atoms with Gasteiger partial charge >= 0.3 is 0 Å². The molecule has 28 heavy (non-hydrogen) atoms. The summed E-state index contributed by atoms with van der Waals surface area (Å²) < 4.78 is 5.14. The molecule has 4 rings (SSSR count). The Morgan fingerprint density at radius 1 is 1.18 bits per heavy atom. The number of hydrogen-bond acceptors (Lipinski definition) is 4. The van der Waals surface area contributed by atoms with E-state index in [0.29, 0.717) is 22.0 Å². The van der Waals surface area contributed by atoms with Crippen molar-refractivity contribution in [1.82, 2.24) is 4.98 Å². The molecule has 1 N–H and O–H groups in total. The van der Waals surface area contributed by atoms with Crippen molar-refractivity contribution in [2.45, 2.75) is 12.8 Å². The third-order valence-electron chi connectivity index (χ3n) is 4.82. The number of aryl methyl sites for hydroxylation is 1.